The molecule has 0 aromatic heterocycles. The van der Waals surface area contributed by atoms with Crippen LogP contribution in [0.25, 0.3) is 5.57 Å². The number of benzene rings is 1. The fourth-order valence-corrected chi connectivity index (χ4v) is 1.67. The number of rotatable bonds is 4. The van der Waals surface area contributed by atoms with Gasteiger partial charge in [0, 0.05) is 19.8 Å². The molecule has 1 heteroatoms. The van der Waals surface area contributed by atoms with E-state index in [4.69, 9.17) is 0 Å². The van der Waals surface area contributed by atoms with Crippen LogP contribution in [0.15, 0.2) is 43.1 Å². The molecule has 0 aliphatic heterocycles. The molecule has 0 saturated carbocycles. The average Bonchev–Trinajstić information content (AvgIpc) is 2.18. The van der Waals surface area contributed by atoms with Crippen LogP contribution in [0, 0.1) is 6.92 Å². The molecule has 0 spiro atoms. The standard InChI is InChI=1S/C14H19N/c1-5-10-15(4)11-13(3)14-9-7-6-8-12(14)2/h5-9,11H,1,10H2,2-4H3. The number of likely N-dealkylation sites (N-methyl/N-ethyl adjacent to an activating group) is 1. The summed E-state index contributed by atoms with van der Waals surface area (Å²) in [6.45, 7) is 8.89. The number of hydrogen-bond donors (Lipinski definition) is 0. The Morgan fingerprint density at radius 2 is 2.07 bits per heavy atom. The van der Waals surface area contributed by atoms with Gasteiger partial charge in [0.05, 0.1) is 0 Å². The second kappa shape index (κ2) is 5.40. The van der Waals surface area contributed by atoms with E-state index in [0.717, 1.165) is 6.54 Å². The molecule has 1 aromatic rings. The Balaban J connectivity index is 2.88. The Hall–Kier alpha value is -1.50. The van der Waals surface area contributed by atoms with Crippen LogP contribution < -0.4 is 0 Å². The second-order valence-corrected chi connectivity index (χ2v) is 3.86. The third kappa shape index (κ3) is 3.28. The Labute approximate surface area is 92.7 Å². The molecule has 1 nitrogen and oxygen atoms in total. The average molecular weight is 201 g/mol. The fraction of sp³-hybridized carbons (Fsp3) is 0.286. The molecule has 0 radical (unpaired) electrons. The molecule has 1 rings (SSSR count). The van der Waals surface area contributed by atoms with Gasteiger partial charge in [-0.05, 0) is 30.5 Å². The summed E-state index contributed by atoms with van der Waals surface area (Å²) in [5.41, 5.74) is 3.92. The van der Waals surface area contributed by atoms with Gasteiger partial charge in [0.15, 0.2) is 0 Å². The Bertz CT molecular complexity index is 363. The zero-order chi connectivity index (χ0) is 11.3. The first-order valence-electron chi connectivity index (χ1n) is 5.20. The number of hydrogen-bond acceptors (Lipinski definition) is 1. The molecule has 0 N–H and O–H groups in total. The quantitative estimate of drug-likeness (QED) is 0.674. The van der Waals surface area contributed by atoms with Gasteiger partial charge in [-0.1, -0.05) is 30.3 Å². The molecule has 0 heterocycles. The van der Waals surface area contributed by atoms with Gasteiger partial charge >= 0.3 is 0 Å². The summed E-state index contributed by atoms with van der Waals surface area (Å²) in [5.74, 6) is 0. The van der Waals surface area contributed by atoms with Crippen LogP contribution in [-0.4, -0.2) is 18.5 Å². The normalized spacial score (nSPS) is 11.3. The highest BCUT2D eigenvalue weighted by atomic mass is 15.1. The maximum atomic E-state index is 3.73. The SMILES string of the molecule is C=CCN(C)C=C(C)c1ccccc1C. The zero-order valence-corrected chi connectivity index (χ0v) is 9.83. The van der Waals surface area contributed by atoms with Crippen LogP contribution in [0.1, 0.15) is 18.1 Å². The van der Waals surface area contributed by atoms with Crippen LogP contribution in [-0.2, 0) is 0 Å². The van der Waals surface area contributed by atoms with Gasteiger partial charge in [-0.25, -0.2) is 0 Å². The van der Waals surface area contributed by atoms with E-state index in [1.807, 2.05) is 6.08 Å². The lowest BCUT2D eigenvalue weighted by atomic mass is 10.0. The van der Waals surface area contributed by atoms with E-state index >= 15 is 0 Å². The van der Waals surface area contributed by atoms with E-state index in [0.29, 0.717) is 0 Å². The van der Waals surface area contributed by atoms with Gasteiger partial charge in [0.25, 0.3) is 0 Å². The van der Waals surface area contributed by atoms with Crippen molar-refractivity contribution in [2.45, 2.75) is 13.8 Å². The second-order valence-electron chi connectivity index (χ2n) is 3.86. The highest BCUT2D eigenvalue weighted by Crippen LogP contribution is 2.17. The predicted molar refractivity (Wildman–Crippen MR) is 67.7 cm³/mol. The lowest BCUT2D eigenvalue weighted by Gasteiger charge is -2.14. The molecular formula is C14H19N. The molecule has 0 saturated heterocycles. The summed E-state index contributed by atoms with van der Waals surface area (Å²) in [6, 6.07) is 8.44. The van der Waals surface area contributed by atoms with Gasteiger partial charge in [-0.15, -0.1) is 6.58 Å². The monoisotopic (exact) mass is 201 g/mol. The smallest absolute Gasteiger partial charge is 0.0348 e. The molecule has 15 heavy (non-hydrogen) atoms. The summed E-state index contributed by atoms with van der Waals surface area (Å²) in [4.78, 5) is 2.13. The van der Waals surface area contributed by atoms with E-state index < -0.39 is 0 Å². The number of aryl methyl sites for hydroxylation is 1. The first kappa shape index (κ1) is 11.6. The summed E-state index contributed by atoms with van der Waals surface area (Å²) in [6.07, 6.45) is 4.06. The predicted octanol–water partition coefficient (Wildman–Crippen LogP) is 3.47. The highest BCUT2D eigenvalue weighted by Gasteiger charge is 1.99. The molecule has 0 atom stereocenters. The summed E-state index contributed by atoms with van der Waals surface area (Å²) in [5, 5.41) is 0. The van der Waals surface area contributed by atoms with Crippen molar-refractivity contribution in [1.29, 1.82) is 0 Å². The zero-order valence-electron chi connectivity index (χ0n) is 9.83. The minimum absolute atomic E-state index is 0.878. The maximum absolute atomic E-state index is 3.73. The van der Waals surface area contributed by atoms with Gasteiger partial charge in [0.1, 0.15) is 0 Å². The van der Waals surface area contributed by atoms with Gasteiger partial charge in [-0.2, -0.15) is 0 Å². The molecule has 0 bridgehead atoms. The van der Waals surface area contributed by atoms with Crippen LogP contribution >= 0.6 is 0 Å². The van der Waals surface area contributed by atoms with Crippen LogP contribution in [0.5, 0.6) is 0 Å². The highest BCUT2D eigenvalue weighted by molar-refractivity contribution is 5.65. The van der Waals surface area contributed by atoms with E-state index in [1.165, 1.54) is 16.7 Å². The largest absolute Gasteiger partial charge is 0.376 e. The van der Waals surface area contributed by atoms with E-state index in [9.17, 15) is 0 Å². The number of allylic oxidation sites excluding steroid dienone is 1. The third-order valence-electron chi connectivity index (χ3n) is 2.40. The summed E-state index contributed by atoms with van der Waals surface area (Å²) < 4.78 is 0. The minimum Gasteiger partial charge on any atom is -0.376 e. The summed E-state index contributed by atoms with van der Waals surface area (Å²) in [7, 11) is 2.06. The number of nitrogens with zero attached hydrogens (tertiary/aromatic N) is 1. The van der Waals surface area contributed by atoms with E-state index in [2.05, 4.69) is 62.8 Å². The first-order chi connectivity index (χ1) is 7.15. The Morgan fingerprint density at radius 1 is 1.40 bits per heavy atom. The fourth-order valence-electron chi connectivity index (χ4n) is 1.67. The van der Waals surface area contributed by atoms with Crippen molar-refractivity contribution in [3.8, 4) is 0 Å². The Morgan fingerprint density at radius 3 is 2.67 bits per heavy atom. The van der Waals surface area contributed by atoms with Crippen LogP contribution in [0.4, 0.5) is 0 Å². The van der Waals surface area contributed by atoms with Gasteiger partial charge in [-0.3, -0.25) is 0 Å². The lowest BCUT2D eigenvalue weighted by molar-refractivity contribution is 0.511. The lowest BCUT2D eigenvalue weighted by Crippen LogP contribution is -2.10. The molecule has 0 aliphatic carbocycles. The maximum Gasteiger partial charge on any atom is 0.0348 e. The molecule has 0 aliphatic rings. The van der Waals surface area contributed by atoms with Crippen molar-refractivity contribution in [2.75, 3.05) is 13.6 Å². The van der Waals surface area contributed by atoms with Gasteiger partial charge < -0.3 is 4.90 Å². The Kier molecular flexibility index (Phi) is 4.17. The summed E-state index contributed by atoms with van der Waals surface area (Å²) >= 11 is 0. The molecule has 80 valence electrons. The van der Waals surface area contributed by atoms with Crippen LogP contribution in [0.2, 0.25) is 0 Å². The van der Waals surface area contributed by atoms with E-state index in [-0.39, 0.29) is 0 Å². The molecule has 0 unspecified atom stereocenters. The molecule has 1 aromatic carbocycles. The topological polar surface area (TPSA) is 3.24 Å². The van der Waals surface area contributed by atoms with Gasteiger partial charge in [0.2, 0.25) is 0 Å². The molecule has 0 amide bonds. The molecule has 0 fully saturated rings. The minimum atomic E-state index is 0.878. The van der Waals surface area contributed by atoms with Crippen molar-refractivity contribution in [3.63, 3.8) is 0 Å². The first-order valence-corrected chi connectivity index (χ1v) is 5.20. The van der Waals surface area contributed by atoms with E-state index in [1.54, 1.807) is 0 Å². The van der Waals surface area contributed by atoms with Crippen molar-refractivity contribution in [3.05, 3.63) is 54.2 Å². The molecular weight excluding hydrogens is 182 g/mol. The van der Waals surface area contributed by atoms with Crippen molar-refractivity contribution in [2.24, 2.45) is 0 Å². The van der Waals surface area contributed by atoms with Crippen LogP contribution in [0.3, 0.4) is 0 Å². The third-order valence-corrected chi connectivity index (χ3v) is 2.40. The van der Waals surface area contributed by atoms with Crippen molar-refractivity contribution >= 4 is 5.57 Å². The van der Waals surface area contributed by atoms with Crippen molar-refractivity contribution in [1.82, 2.24) is 4.90 Å². The van der Waals surface area contributed by atoms with Crippen molar-refractivity contribution < 1.29 is 0 Å².